The SMILES string of the molecule is C[C@H]1CN2c3c(cc(-c4cnccn4)c(F)c3F)CC3(C(=O)NC(=O)NC3=O)[C@@H]2[C@@H](C)O1. The zero-order chi connectivity index (χ0) is 22.8. The van der Waals surface area contributed by atoms with Crippen LogP contribution in [0.1, 0.15) is 19.4 Å². The van der Waals surface area contributed by atoms with Gasteiger partial charge in [-0.15, -0.1) is 0 Å². The van der Waals surface area contributed by atoms with E-state index in [9.17, 15) is 14.4 Å². The number of anilines is 1. The van der Waals surface area contributed by atoms with Crippen molar-refractivity contribution in [1.29, 1.82) is 0 Å². The van der Waals surface area contributed by atoms with Crippen LogP contribution in [0, 0.1) is 17.0 Å². The van der Waals surface area contributed by atoms with Gasteiger partial charge in [-0.1, -0.05) is 0 Å². The average Bonchev–Trinajstić information content (AvgIpc) is 2.74. The predicted molar refractivity (Wildman–Crippen MR) is 106 cm³/mol. The lowest BCUT2D eigenvalue weighted by Gasteiger charge is -2.55. The molecule has 166 valence electrons. The molecule has 0 aliphatic carbocycles. The molecule has 1 aromatic heterocycles. The van der Waals surface area contributed by atoms with Crippen molar-refractivity contribution >= 4 is 23.5 Å². The zero-order valence-electron chi connectivity index (χ0n) is 17.2. The molecule has 2 saturated heterocycles. The van der Waals surface area contributed by atoms with Crippen molar-refractivity contribution in [2.45, 2.75) is 38.5 Å². The van der Waals surface area contributed by atoms with Gasteiger partial charge in [0.25, 0.3) is 0 Å². The van der Waals surface area contributed by atoms with Crippen LogP contribution >= 0.6 is 0 Å². The van der Waals surface area contributed by atoms with E-state index in [0.29, 0.717) is 0 Å². The van der Waals surface area contributed by atoms with Crippen molar-refractivity contribution in [1.82, 2.24) is 20.6 Å². The van der Waals surface area contributed by atoms with Crippen molar-refractivity contribution in [3.05, 3.63) is 41.9 Å². The molecule has 3 atom stereocenters. The Morgan fingerprint density at radius 1 is 1.12 bits per heavy atom. The van der Waals surface area contributed by atoms with Gasteiger partial charge in [-0.2, -0.15) is 0 Å². The number of carbonyl (C=O) groups is 3. The van der Waals surface area contributed by atoms with Crippen molar-refractivity contribution < 1.29 is 27.9 Å². The highest BCUT2D eigenvalue weighted by Gasteiger charge is 2.63. The fourth-order valence-corrected chi connectivity index (χ4v) is 5.16. The molecule has 5 rings (SSSR count). The van der Waals surface area contributed by atoms with Crippen LogP contribution in [0.5, 0.6) is 0 Å². The van der Waals surface area contributed by atoms with Crippen LogP contribution in [0.15, 0.2) is 24.7 Å². The third kappa shape index (κ3) is 2.73. The molecule has 2 N–H and O–H groups in total. The molecule has 4 heterocycles. The average molecular weight is 443 g/mol. The number of nitrogens with zero attached hydrogens (tertiary/aromatic N) is 3. The van der Waals surface area contributed by atoms with Crippen LogP contribution in [0.4, 0.5) is 19.3 Å². The summed E-state index contributed by atoms with van der Waals surface area (Å²) in [6.07, 6.45) is 2.74. The van der Waals surface area contributed by atoms with Crippen molar-refractivity contribution in [3.63, 3.8) is 0 Å². The monoisotopic (exact) mass is 443 g/mol. The molecule has 2 fully saturated rings. The topological polar surface area (TPSA) is 114 Å². The fraction of sp³-hybridized carbons (Fsp3) is 0.381. The summed E-state index contributed by atoms with van der Waals surface area (Å²) in [5.41, 5.74) is -1.57. The quantitative estimate of drug-likeness (QED) is 0.639. The molecule has 0 unspecified atom stereocenters. The van der Waals surface area contributed by atoms with Crippen LogP contribution in [-0.4, -0.2) is 52.6 Å². The number of nitrogens with one attached hydrogen (secondary N) is 2. The molecule has 3 aliphatic rings. The number of halogens is 2. The van der Waals surface area contributed by atoms with Gasteiger partial charge >= 0.3 is 6.03 Å². The Bertz CT molecular complexity index is 1140. The Morgan fingerprint density at radius 3 is 2.50 bits per heavy atom. The Morgan fingerprint density at radius 2 is 1.84 bits per heavy atom. The van der Waals surface area contributed by atoms with E-state index in [1.54, 1.807) is 13.8 Å². The maximum absolute atomic E-state index is 15.5. The molecular weight excluding hydrogens is 424 g/mol. The van der Waals surface area contributed by atoms with Crippen molar-refractivity contribution in [2.75, 3.05) is 11.4 Å². The van der Waals surface area contributed by atoms with Gasteiger partial charge in [-0.3, -0.25) is 30.2 Å². The minimum atomic E-state index is -1.77. The number of imide groups is 2. The number of aromatic nitrogens is 2. The number of carbonyl (C=O) groups excluding carboxylic acids is 3. The molecule has 2 aromatic rings. The van der Waals surface area contributed by atoms with Gasteiger partial charge < -0.3 is 9.64 Å². The van der Waals surface area contributed by atoms with Crippen LogP contribution < -0.4 is 15.5 Å². The molecule has 9 nitrogen and oxygen atoms in total. The summed E-state index contributed by atoms with van der Waals surface area (Å²) in [4.78, 5) is 47.5. The fourth-order valence-electron chi connectivity index (χ4n) is 5.16. The molecule has 11 heteroatoms. The van der Waals surface area contributed by atoms with E-state index >= 15 is 8.78 Å². The van der Waals surface area contributed by atoms with Crippen LogP contribution in [-0.2, 0) is 20.7 Å². The third-order valence-electron chi connectivity index (χ3n) is 6.31. The lowest BCUT2D eigenvalue weighted by Crippen LogP contribution is -2.75. The maximum Gasteiger partial charge on any atom is 0.328 e. The highest BCUT2D eigenvalue weighted by Crippen LogP contribution is 2.49. The Labute approximate surface area is 181 Å². The second-order valence-corrected chi connectivity index (χ2v) is 8.28. The molecule has 0 bridgehead atoms. The second-order valence-electron chi connectivity index (χ2n) is 8.28. The minimum Gasteiger partial charge on any atom is -0.372 e. The lowest BCUT2D eigenvalue weighted by atomic mass is 9.66. The van der Waals surface area contributed by atoms with E-state index in [1.807, 2.05) is 0 Å². The summed E-state index contributed by atoms with van der Waals surface area (Å²) in [7, 11) is 0. The van der Waals surface area contributed by atoms with Gasteiger partial charge in [0.05, 0.1) is 35.8 Å². The number of hydrogen-bond acceptors (Lipinski definition) is 7. The number of urea groups is 1. The molecule has 3 aliphatic heterocycles. The van der Waals surface area contributed by atoms with E-state index in [2.05, 4.69) is 20.6 Å². The van der Waals surface area contributed by atoms with Crippen LogP contribution in [0.2, 0.25) is 0 Å². The highest BCUT2D eigenvalue weighted by molar-refractivity contribution is 6.20. The Balaban J connectivity index is 1.76. The molecule has 1 aromatic carbocycles. The standard InChI is InChI=1S/C21H19F2N5O4/c1-9-8-28-16-11(5-12(14(22)15(16)23)13-7-24-3-4-25-13)6-21(17(28)10(2)32-9)18(29)26-20(31)27-19(21)30/h3-5,7,9-10,17H,6,8H2,1-2H3,(H2,26,27,29,30,31)/t9-,10+,17-/m0/s1. The van der Waals surface area contributed by atoms with Crippen molar-refractivity contribution in [3.8, 4) is 11.3 Å². The number of fused-ring (bicyclic) bond motifs is 4. The van der Waals surface area contributed by atoms with Crippen LogP contribution in [0.3, 0.4) is 0 Å². The van der Waals surface area contributed by atoms with Gasteiger partial charge in [-0.05, 0) is 25.5 Å². The first-order valence-corrected chi connectivity index (χ1v) is 10.1. The predicted octanol–water partition coefficient (Wildman–Crippen LogP) is 1.31. The van der Waals surface area contributed by atoms with Gasteiger partial charge in [0, 0.05) is 30.9 Å². The number of ether oxygens (including phenoxy) is 1. The smallest absolute Gasteiger partial charge is 0.328 e. The number of rotatable bonds is 1. The molecule has 0 saturated carbocycles. The van der Waals surface area contributed by atoms with Gasteiger partial charge in [-0.25, -0.2) is 13.6 Å². The van der Waals surface area contributed by atoms with E-state index in [0.717, 1.165) is 0 Å². The number of benzene rings is 1. The lowest BCUT2D eigenvalue weighted by molar-refractivity contribution is -0.153. The first-order chi connectivity index (χ1) is 15.2. The number of morpholine rings is 1. The van der Waals surface area contributed by atoms with Crippen LogP contribution in [0.25, 0.3) is 11.3 Å². The summed E-state index contributed by atoms with van der Waals surface area (Å²) in [6, 6.07) is -0.487. The summed E-state index contributed by atoms with van der Waals surface area (Å²) in [5.74, 6) is -3.80. The Hall–Kier alpha value is -3.47. The van der Waals surface area contributed by atoms with E-state index in [4.69, 9.17) is 4.74 Å². The minimum absolute atomic E-state index is 0.0229. The first-order valence-electron chi connectivity index (χ1n) is 10.1. The summed E-state index contributed by atoms with van der Waals surface area (Å²) < 4.78 is 36.5. The second kappa shape index (κ2) is 7.02. The van der Waals surface area contributed by atoms with E-state index < -0.39 is 47.0 Å². The van der Waals surface area contributed by atoms with Gasteiger partial charge in [0.15, 0.2) is 17.0 Å². The summed E-state index contributed by atoms with van der Waals surface area (Å²) >= 11 is 0. The maximum atomic E-state index is 15.5. The zero-order valence-corrected chi connectivity index (χ0v) is 17.2. The van der Waals surface area contributed by atoms with E-state index in [1.165, 1.54) is 29.6 Å². The van der Waals surface area contributed by atoms with E-state index in [-0.39, 0.29) is 41.6 Å². The molecule has 0 radical (unpaired) electrons. The normalized spacial score (nSPS) is 26.3. The number of amides is 4. The molecule has 1 spiro atoms. The number of barbiturate groups is 1. The third-order valence-corrected chi connectivity index (χ3v) is 6.31. The first kappa shape index (κ1) is 20.4. The molecular formula is C21H19F2N5O4. The highest BCUT2D eigenvalue weighted by atomic mass is 19.2. The largest absolute Gasteiger partial charge is 0.372 e. The summed E-state index contributed by atoms with van der Waals surface area (Å²) in [5, 5.41) is 4.31. The van der Waals surface area contributed by atoms with Crippen molar-refractivity contribution in [2.24, 2.45) is 5.41 Å². The summed E-state index contributed by atoms with van der Waals surface area (Å²) in [6.45, 7) is 3.55. The Kier molecular flexibility index (Phi) is 4.48. The van der Waals surface area contributed by atoms with Gasteiger partial charge in [0.1, 0.15) is 0 Å². The molecule has 4 amide bonds. The van der Waals surface area contributed by atoms with Gasteiger partial charge in [0.2, 0.25) is 11.8 Å². The number of hydrogen-bond donors (Lipinski definition) is 2. The molecule has 32 heavy (non-hydrogen) atoms.